The van der Waals surface area contributed by atoms with Crippen molar-refractivity contribution in [2.75, 3.05) is 0 Å². The van der Waals surface area contributed by atoms with Gasteiger partial charge in [0.15, 0.2) is 5.70 Å². The molecule has 1 aromatic carbocycles. The molecule has 0 saturated heterocycles. The molecule has 0 radical (unpaired) electrons. The number of non-ortho nitro benzene ring substituents is 1. The lowest BCUT2D eigenvalue weighted by molar-refractivity contribution is -0.384. The van der Waals surface area contributed by atoms with Crippen molar-refractivity contribution in [3.8, 4) is 12.1 Å². The molecule has 2 N–H and O–H groups in total. The van der Waals surface area contributed by atoms with Crippen LogP contribution in [0.15, 0.2) is 40.7 Å². The van der Waals surface area contributed by atoms with Crippen LogP contribution in [-0.2, 0) is 0 Å². The summed E-state index contributed by atoms with van der Waals surface area (Å²) in [5, 5.41) is 27.7. The summed E-state index contributed by atoms with van der Waals surface area (Å²) in [6.45, 7) is 0. The summed E-state index contributed by atoms with van der Waals surface area (Å²) >= 11 is 0. The molecule has 7 heteroatoms. The summed E-state index contributed by atoms with van der Waals surface area (Å²) in [5.74, 6) is 0. The van der Waals surface area contributed by atoms with E-state index in [2.05, 4.69) is 4.99 Å². The van der Waals surface area contributed by atoms with Gasteiger partial charge in [0, 0.05) is 18.3 Å². The Morgan fingerprint density at radius 3 is 2.72 bits per heavy atom. The maximum absolute atomic E-state index is 10.5. The number of nitrogens with zero attached hydrogens (tertiary/aromatic N) is 4. The van der Waals surface area contributed by atoms with Crippen LogP contribution in [0.2, 0.25) is 0 Å². The first-order chi connectivity index (χ1) is 8.58. The molecule has 18 heavy (non-hydrogen) atoms. The first-order valence-electron chi connectivity index (χ1n) is 4.67. The summed E-state index contributed by atoms with van der Waals surface area (Å²) in [7, 11) is 0. The number of nitriles is 2. The average molecular weight is 241 g/mol. The number of aliphatic imine (C=N–C) groups is 1. The molecule has 0 aliphatic heterocycles. The van der Waals surface area contributed by atoms with Gasteiger partial charge >= 0.3 is 0 Å². The fourth-order valence-corrected chi connectivity index (χ4v) is 1.07. The predicted molar refractivity (Wildman–Crippen MR) is 63.1 cm³/mol. The number of allylic oxidation sites excluding steroid dienone is 2. The summed E-state index contributed by atoms with van der Waals surface area (Å²) in [6, 6.07) is 8.95. The largest absolute Gasteiger partial charge is 0.388 e. The summed E-state index contributed by atoms with van der Waals surface area (Å²) in [5.41, 5.74) is 5.05. The minimum Gasteiger partial charge on any atom is -0.388 e. The zero-order chi connectivity index (χ0) is 13.5. The molecule has 88 valence electrons. The molecule has 0 saturated carbocycles. The molecule has 0 amide bonds. The molecule has 1 rings (SSSR count). The van der Waals surface area contributed by atoms with Crippen molar-refractivity contribution in [1.82, 2.24) is 0 Å². The SMILES string of the molecule is N#C/C(N)=C(/C#N)N=Cc1cccc([N+](=O)[O-])c1. The van der Waals surface area contributed by atoms with Crippen molar-refractivity contribution in [3.63, 3.8) is 0 Å². The Kier molecular flexibility index (Phi) is 4.13. The molecule has 0 aromatic heterocycles. The van der Waals surface area contributed by atoms with Crippen LogP contribution in [0, 0.1) is 32.8 Å². The van der Waals surface area contributed by atoms with E-state index in [1.165, 1.54) is 24.4 Å². The maximum Gasteiger partial charge on any atom is 0.270 e. The van der Waals surface area contributed by atoms with Gasteiger partial charge in [-0.25, -0.2) is 4.99 Å². The number of nitro groups is 1. The minimum atomic E-state index is -0.540. The van der Waals surface area contributed by atoms with Gasteiger partial charge in [-0.05, 0) is 5.56 Å². The lowest BCUT2D eigenvalue weighted by Gasteiger charge is -1.94. The molecule has 1 aromatic rings. The van der Waals surface area contributed by atoms with E-state index >= 15 is 0 Å². The summed E-state index contributed by atoms with van der Waals surface area (Å²) in [6.07, 6.45) is 1.23. The minimum absolute atomic E-state index is 0.0882. The maximum atomic E-state index is 10.5. The van der Waals surface area contributed by atoms with E-state index in [0.29, 0.717) is 5.56 Å². The van der Waals surface area contributed by atoms with Crippen molar-refractivity contribution in [2.45, 2.75) is 0 Å². The Morgan fingerprint density at radius 2 is 2.17 bits per heavy atom. The van der Waals surface area contributed by atoms with E-state index in [4.69, 9.17) is 16.3 Å². The van der Waals surface area contributed by atoms with Crippen LogP contribution >= 0.6 is 0 Å². The second-order valence-electron chi connectivity index (χ2n) is 3.10. The predicted octanol–water partition coefficient (Wildman–Crippen LogP) is 1.23. The molecule has 0 heterocycles. The fourth-order valence-electron chi connectivity index (χ4n) is 1.07. The highest BCUT2D eigenvalue weighted by molar-refractivity contribution is 5.81. The molecule has 0 spiro atoms. The van der Waals surface area contributed by atoms with Gasteiger partial charge in [0.05, 0.1) is 4.92 Å². The van der Waals surface area contributed by atoms with Crippen LogP contribution in [-0.4, -0.2) is 11.1 Å². The van der Waals surface area contributed by atoms with Crippen molar-refractivity contribution < 1.29 is 4.92 Å². The molecular formula is C11H7N5O2. The number of hydrogen-bond acceptors (Lipinski definition) is 6. The van der Waals surface area contributed by atoms with E-state index in [9.17, 15) is 10.1 Å². The molecule has 7 nitrogen and oxygen atoms in total. The van der Waals surface area contributed by atoms with Gasteiger partial charge in [-0.3, -0.25) is 10.1 Å². The molecule has 0 fully saturated rings. The Labute approximate surface area is 102 Å². The second kappa shape index (κ2) is 5.77. The van der Waals surface area contributed by atoms with E-state index in [0.717, 1.165) is 0 Å². The molecule has 0 bridgehead atoms. The van der Waals surface area contributed by atoms with Crippen LogP contribution in [0.25, 0.3) is 0 Å². The molecule has 0 aliphatic carbocycles. The quantitative estimate of drug-likeness (QED) is 0.368. The average Bonchev–Trinajstić information content (AvgIpc) is 2.39. The Morgan fingerprint density at radius 1 is 1.44 bits per heavy atom. The van der Waals surface area contributed by atoms with Crippen molar-refractivity contribution in [2.24, 2.45) is 10.7 Å². The summed E-state index contributed by atoms with van der Waals surface area (Å²) in [4.78, 5) is 13.7. The standard InChI is InChI=1S/C11H7N5O2/c12-5-10(14)11(6-13)15-7-8-2-1-3-9(4-8)16(17)18/h1-4,7H,14H2/b11-10+,15-7?. The van der Waals surface area contributed by atoms with Crippen molar-refractivity contribution in [3.05, 3.63) is 51.3 Å². The lowest BCUT2D eigenvalue weighted by atomic mass is 10.2. The van der Waals surface area contributed by atoms with Crippen LogP contribution in [0.5, 0.6) is 0 Å². The zero-order valence-electron chi connectivity index (χ0n) is 9.07. The van der Waals surface area contributed by atoms with Gasteiger partial charge in [-0.15, -0.1) is 0 Å². The molecule has 0 unspecified atom stereocenters. The molecule has 0 atom stereocenters. The number of nitrogens with two attached hydrogens (primary N) is 1. The number of benzene rings is 1. The van der Waals surface area contributed by atoms with Crippen molar-refractivity contribution in [1.29, 1.82) is 10.5 Å². The van der Waals surface area contributed by atoms with E-state index in [-0.39, 0.29) is 17.1 Å². The normalized spacial score (nSPS) is 11.4. The van der Waals surface area contributed by atoms with Gasteiger partial charge in [0.25, 0.3) is 5.69 Å². The third-order valence-corrected chi connectivity index (χ3v) is 1.91. The molecular weight excluding hydrogens is 234 g/mol. The number of nitro benzene ring substituents is 1. The highest BCUT2D eigenvalue weighted by Crippen LogP contribution is 2.12. The third-order valence-electron chi connectivity index (χ3n) is 1.91. The number of hydrogen-bond donors (Lipinski definition) is 1. The van der Waals surface area contributed by atoms with E-state index in [1.54, 1.807) is 18.2 Å². The first-order valence-corrected chi connectivity index (χ1v) is 4.67. The Hall–Kier alpha value is -3.19. The van der Waals surface area contributed by atoms with Crippen LogP contribution in [0.1, 0.15) is 5.56 Å². The number of rotatable bonds is 3. The topological polar surface area (TPSA) is 129 Å². The van der Waals surface area contributed by atoms with E-state index in [1.807, 2.05) is 0 Å². The zero-order valence-corrected chi connectivity index (χ0v) is 9.07. The van der Waals surface area contributed by atoms with Crippen molar-refractivity contribution >= 4 is 11.9 Å². The van der Waals surface area contributed by atoms with Gasteiger partial charge in [-0.1, -0.05) is 12.1 Å². The van der Waals surface area contributed by atoms with Gasteiger partial charge in [0.1, 0.15) is 17.8 Å². The first kappa shape index (κ1) is 12.9. The lowest BCUT2D eigenvalue weighted by Crippen LogP contribution is -1.97. The third kappa shape index (κ3) is 3.15. The van der Waals surface area contributed by atoms with Crippen LogP contribution < -0.4 is 5.73 Å². The Balaban J connectivity index is 3.06. The van der Waals surface area contributed by atoms with E-state index < -0.39 is 4.92 Å². The van der Waals surface area contributed by atoms with Crippen LogP contribution in [0.3, 0.4) is 0 Å². The Bertz CT molecular complexity index is 619. The molecule has 0 aliphatic rings. The highest BCUT2D eigenvalue weighted by Gasteiger charge is 2.04. The van der Waals surface area contributed by atoms with Gasteiger partial charge in [0.2, 0.25) is 0 Å². The monoisotopic (exact) mass is 241 g/mol. The smallest absolute Gasteiger partial charge is 0.270 e. The van der Waals surface area contributed by atoms with Crippen LogP contribution in [0.4, 0.5) is 5.69 Å². The highest BCUT2D eigenvalue weighted by atomic mass is 16.6. The summed E-state index contributed by atoms with van der Waals surface area (Å²) < 4.78 is 0. The fraction of sp³-hybridized carbons (Fsp3) is 0. The second-order valence-corrected chi connectivity index (χ2v) is 3.10. The van der Waals surface area contributed by atoms with Gasteiger partial charge < -0.3 is 5.73 Å². The van der Waals surface area contributed by atoms with Gasteiger partial charge in [-0.2, -0.15) is 10.5 Å².